The third kappa shape index (κ3) is 2.46. The molecule has 0 radical (unpaired) electrons. The molecule has 1 aromatic rings. The molecule has 2 N–H and O–H groups in total. The van der Waals surface area contributed by atoms with Crippen LogP contribution in [0.15, 0.2) is 0 Å². The molecule has 0 atom stereocenters. The molecule has 1 heterocycles. The Labute approximate surface area is 104 Å². The summed E-state index contributed by atoms with van der Waals surface area (Å²) < 4.78 is 3.91. The molecule has 0 fully saturated rings. The Kier molecular flexibility index (Phi) is 4.54. The summed E-state index contributed by atoms with van der Waals surface area (Å²) in [4.78, 5) is 0. The van der Waals surface area contributed by atoms with Crippen molar-refractivity contribution < 1.29 is 5.11 Å². The molecule has 1 aromatic heterocycles. The first kappa shape index (κ1) is 13.2. The maximum Gasteiger partial charge on any atom is 0.162 e. The molecule has 0 aliphatic rings. The molecule has 0 amide bonds. The van der Waals surface area contributed by atoms with Crippen molar-refractivity contribution in [2.75, 3.05) is 11.9 Å². The van der Waals surface area contributed by atoms with Crippen LogP contribution in [0.3, 0.4) is 0 Å². The SMILES string of the molecule is CCC(CC)(CO)Nc1snc(Cl)c1C#N. The zero-order valence-corrected chi connectivity index (χ0v) is 10.8. The Balaban J connectivity index is 2.99. The van der Waals surface area contributed by atoms with Gasteiger partial charge in [0.05, 0.1) is 12.1 Å². The van der Waals surface area contributed by atoms with Crippen LogP contribution in [0.4, 0.5) is 5.00 Å². The first-order valence-electron chi connectivity index (χ1n) is 5.06. The first-order valence-corrected chi connectivity index (χ1v) is 6.22. The van der Waals surface area contributed by atoms with Gasteiger partial charge < -0.3 is 10.4 Å². The molecular weight excluding hydrogens is 246 g/mol. The van der Waals surface area contributed by atoms with Gasteiger partial charge >= 0.3 is 0 Å². The van der Waals surface area contributed by atoms with E-state index in [1.807, 2.05) is 19.9 Å². The molecule has 6 heteroatoms. The summed E-state index contributed by atoms with van der Waals surface area (Å²) in [6, 6.07) is 2.01. The second-order valence-electron chi connectivity index (χ2n) is 3.56. The quantitative estimate of drug-likeness (QED) is 0.853. The molecule has 4 nitrogen and oxygen atoms in total. The van der Waals surface area contributed by atoms with Gasteiger partial charge in [-0.25, -0.2) is 0 Å². The predicted octanol–water partition coefficient (Wildman–Crippen LogP) is 2.63. The lowest BCUT2D eigenvalue weighted by Crippen LogP contribution is -2.40. The minimum atomic E-state index is -0.401. The van der Waals surface area contributed by atoms with Crippen LogP contribution in [0.5, 0.6) is 0 Å². The maximum atomic E-state index is 9.41. The minimum absolute atomic E-state index is 0.0143. The molecule has 0 aliphatic carbocycles. The molecule has 0 aromatic carbocycles. The number of nitriles is 1. The Bertz CT molecular complexity index is 387. The molecule has 16 heavy (non-hydrogen) atoms. The van der Waals surface area contributed by atoms with Gasteiger partial charge in [0.1, 0.15) is 16.6 Å². The summed E-state index contributed by atoms with van der Waals surface area (Å²) in [6.45, 7) is 3.99. The van der Waals surface area contributed by atoms with E-state index in [-0.39, 0.29) is 11.8 Å². The average Bonchev–Trinajstić information content (AvgIpc) is 2.66. The number of halogens is 1. The van der Waals surface area contributed by atoms with Gasteiger partial charge in [-0.3, -0.25) is 0 Å². The fourth-order valence-electron chi connectivity index (χ4n) is 1.38. The number of nitrogens with one attached hydrogen (secondary N) is 1. The summed E-state index contributed by atoms with van der Waals surface area (Å²) in [6.07, 6.45) is 1.53. The van der Waals surface area contributed by atoms with Crippen LogP contribution in [0.1, 0.15) is 32.3 Å². The molecule has 0 aliphatic heterocycles. The van der Waals surface area contributed by atoms with E-state index in [1.54, 1.807) is 0 Å². The van der Waals surface area contributed by atoms with E-state index < -0.39 is 5.54 Å². The first-order chi connectivity index (χ1) is 7.62. The molecule has 88 valence electrons. The van der Waals surface area contributed by atoms with E-state index in [0.29, 0.717) is 10.6 Å². The van der Waals surface area contributed by atoms with Crippen LogP contribution >= 0.6 is 23.1 Å². The highest BCUT2D eigenvalue weighted by Crippen LogP contribution is 2.31. The summed E-state index contributed by atoms with van der Waals surface area (Å²) in [5.41, 5.74) is -0.0482. The molecule has 1 rings (SSSR count). The monoisotopic (exact) mass is 259 g/mol. The number of hydrogen-bond acceptors (Lipinski definition) is 5. The van der Waals surface area contributed by atoms with Crippen molar-refractivity contribution in [1.29, 1.82) is 5.26 Å². The van der Waals surface area contributed by atoms with Crippen molar-refractivity contribution in [3.63, 3.8) is 0 Å². The fraction of sp³-hybridized carbons (Fsp3) is 0.600. The van der Waals surface area contributed by atoms with Crippen LogP contribution in [0.2, 0.25) is 5.15 Å². The number of hydrogen-bond donors (Lipinski definition) is 2. The molecular formula is C10H14ClN3OS. The number of aliphatic hydroxyl groups excluding tert-OH is 1. The van der Waals surface area contributed by atoms with E-state index in [1.165, 1.54) is 0 Å². The van der Waals surface area contributed by atoms with Crippen molar-refractivity contribution in [1.82, 2.24) is 4.37 Å². The Morgan fingerprint density at radius 2 is 2.19 bits per heavy atom. The number of aromatic nitrogens is 1. The second kappa shape index (κ2) is 5.48. The van der Waals surface area contributed by atoms with Gasteiger partial charge in [0.25, 0.3) is 0 Å². The smallest absolute Gasteiger partial charge is 0.162 e. The van der Waals surface area contributed by atoms with E-state index in [9.17, 15) is 5.11 Å². The van der Waals surface area contributed by atoms with Crippen molar-refractivity contribution in [2.24, 2.45) is 0 Å². The standard InChI is InChI=1S/C10H14ClN3OS/c1-3-10(4-2,6-15)13-9-7(5-12)8(11)14-16-9/h13,15H,3-4,6H2,1-2H3. The Hall–Kier alpha value is -0.830. The predicted molar refractivity (Wildman–Crippen MR) is 65.9 cm³/mol. The maximum absolute atomic E-state index is 9.41. The zero-order valence-electron chi connectivity index (χ0n) is 9.25. The molecule has 0 unspecified atom stereocenters. The van der Waals surface area contributed by atoms with Crippen molar-refractivity contribution in [3.8, 4) is 6.07 Å². The highest BCUT2D eigenvalue weighted by Gasteiger charge is 2.27. The Morgan fingerprint density at radius 3 is 2.62 bits per heavy atom. The van der Waals surface area contributed by atoms with Gasteiger partial charge in [-0.15, -0.1) is 0 Å². The summed E-state index contributed by atoms with van der Waals surface area (Å²) in [5.74, 6) is 0. The van der Waals surface area contributed by atoms with Gasteiger partial charge in [0.15, 0.2) is 5.15 Å². The van der Waals surface area contributed by atoms with E-state index in [0.717, 1.165) is 24.4 Å². The topological polar surface area (TPSA) is 68.9 Å². The average molecular weight is 260 g/mol. The normalized spacial score (nSPS) is 11.2. The summed E-state index contributed by atoms with van der Waals surface area (Å²) in [7, 11) is 0. The minimum Gasteiger partial charge on any atom is -0.394 e. The van der Waals surface area contributed by atoms with Gasteiger partial charge in [-0.2, -0.15) is 9.64 Å². The molecule has 0 saturated carbocycles. The number of aliphatic hydroxyl groups is 1. The molecule has 0 saturated heterocycles. The third-order valence-corrected chi connectivity index (χ3v) is 3.93. The number of anilines is 1. The summed E-state index contributed by atoms with van der Waals surface area (Å²) in [5, 5.41) is 22.4. The lowest BCUT2D eigenvalue weighted by atomic mass is 9.94. The summed E-state index contributed by atoms with van der Waals surface area (Å²) >= 11 is 6.92. The van der Waals surface area contributed by atoms with Crippen molar-refractivity contribution in [3.05, 3.63) is 10.7 Å². The Morgan fingerprint density at radius 1 is 1.56 bits per heavy atom. The van der Waals surface area contributed by atoms with Crippen molar-refractivity contribution in [2.45, 2.75) is 32.2 Å². The fourth-order valence-corrected chi connectivity index (χ4v) is 2.44. The molecule has 0 spiro atoms. The van der Waals surface area contributed by atoms with E-state index in [4.69, 9.17) is 16.9 Å². The van der Waals surface area contributed by atoms with Crippen LogP contribution < -0.4 is 5.32 Å². The van der Waals surface area contributed by atoms with Gasteiger partial charge in [-0.1, -0.05) is 25.4 Å². The van der Waals surface area contributed by atoms with Crippen LogP contribution in [-0.4, -0.2) is 21.6 Å². The van der Waals surface area contributed by atoms with E-state index in [2.05, 4.69) is 9.69 Å². The third-order valence-electron chi connectivity index (χ3n) is 2.80. The van der Waals surface area contributed by atoms with Gasteiger partial charge in [0.2, 0.25) is 0 Å². The zero-order chi connectivity index (χ0) is 12.2. The van der Waals surface area contributed by atoms with Gasteiger partial charge in [0, 0.05) is 0 Å². The van der Waals surface area contributed by atoms with Crippen LogP contribution in [0.25, 0.3) is 0 Å². The lowest BCUT2D eigenvalue weighted by molar-refractivity contribution is 0.202. The van der Waals surface area contributed by atoms with Gasteiger partial charge in [-0.05, 0) is 24.4 Å². The number of nitrogens with zero attached hydrogens (tertiary/aromatic N) is 2. The lowest BCUT2D eigenvalue weighted by Gasteiger charge is -2.31. The van der Waals surface area contributed by atoms with Crippen LogP contribution in [-0.2, 0) is 0 Å². The second-order valence-corrected chi connectivity index (χ2v) is 4.69. The van der Waals surface area contributed by atoms with Crippen molar-refractivity contribution >= 4 is 28.1 Å². The van der Waals surface area contributed by atoms with E-state index >= 15 is 0 Å². The van der Waals surface area contributed by atoms with Crippen LogP contribution in [0, 0.1) is 11.3 Å². The highest BCUT2D eigenvalue weighted by molar-refractivity contribution is 7.10. The highest BCUT2D eigenvalue weighted by atomic mass is 35.5. The molecule has 0 bridgehead atoms. The largest absolute Gasteiger partial charge is 0.394 e. The number of rotatable bonds is 5.